The maximum atomic E-state index is 11.7. The Morgan fingerprint density at radius 1 is 1.24 bits per heavy atom. The number of hydrogen-bond acceptors (Lipinski definition) is 4. The summed E-state index contributed by atoms with van der Waals surface area (Å²) in [5.41, 5.74) is 4.27. The van der Waals surface area contributed by atoms with Crippen molar-refractivity contribution in [3.63, 3.8) is 0 Å². The van der Waals surface area contributed by atoms with Crippen molar-refractivity contribution in [3.05, 3.63) is 71.1 Å². The van der Waals surface area contributed by atoms with Gasteiger partial charge in [0.25, 0.3) is 0 Å². The van der Waals surface area contributed by atoms with E-state index in [2.05, 4.69) is 26.5 Å². The van der Waals surface area contributed by atoms with E-state index in [1.54, 1.807) is 0 Å². The molecule has 3 heterocycles. The van der Waals surface area contributed by atoms with Crippen LogP contribution < -0.4 is 5.32 Å². The zero-order chi connectivity index (χ0) is 20.2. The molecule has 0 unspecified atom stereocenters. The summed E-state index contributed by atoms with van der Waals surface area (Å²) < 4.78 is 1.84. The van der Waals surface area contributed by atoms with Crippen LogP contribution in [0.5, 0.6) is 0 Å². The van der Waals surface area contributed by atoms with E-state index < -0.39 is 0 Å². The lowest BCUT2D eigenvalue weighted by molar-refractivity contribution is -0.119. The van der Waals surface area contributed by atoms with Crippen LogP contribution in [0, 0.1) is 0 Å². The van der Waals surface area contributed by atoms with Crippen LogP contribution in [0.4, 0.5) is 0 Å². The van der Waals surface area contributed by atoms with Gasteiger partial charge in [0.2, 0.25) is 5.91 Å². The van der Waals surface area contributed by atoms with Crippen LogP contribution in [0.3, 0.4) is 0 Å². The van der Waals surface area contributed by atoms with Crippen molar-refractivity contribution in [2.75, 3.05) is 6.54 Å². The highest BCUT2D eigenvalue weighted by atomic mass is 35.5. The van der Waals surface area contributed by atoms with Crippen molar-refractivity contribution in [3.8, 4) is 11.3 Å². The highest BCUT2D eigenvalue weighted by Crippen LogP contribution is 2.26. The molecule has 1 saturated heterocycles. The molecule has 2 aromatic heterocycles. The molecule has 1 aromatic carbocycles. The Bertz CT molecular complexity index is 988. The third-order valence-corrected chi connectivity index (χ3v) is 5.35. The van der Waals surface area contributed by atoms with Gasteiger partial charge < -0.3 is 5.32 Å². The van der Waals surface area contributed by atoms with Gasteiger partial charge in [0.1, 0.15) is 0 Å². The van der Waals surface area contributed by atoms with E-state index in [0.29, 0.717) is 11.4 Å². The van der Waals surface area contributed by atoms with Crippen LogP contribution >= 0.6 is 11.6 Å². The van der Waals surface area contributed by atoms with E-state index in [9.17, 15) is 4.79 Å². The molecule has 6 nitrogen and oxygen atoms in total. The number of nitrogens with zero attached hydrogens (tertiary/aromatic N) is 4. The van der Waals surface area contributed by atoms with Crippen molar-refractivity contribution in [2.24, 2.45) is 7.05 Å². The van der Waals surface area contributed by atoms with E-state index >= 15 is 0 Å². The fraction of sp³-hybridized carbons (Fsp3) is 0.318. The number of nitrogens with one attached hydrogen (secondary N) is 1. The van der Waals surface area contributed by atoms with Gasteiger partial charge in [0, 0.05) is 73.9 Å². The van der Waals surface area contributed by atoms with Gasteiger partial charge in [0.15, 0.2) is 0 Å². The molecule has 1 aliphatic rings. The molecular formula is C22H24ClN5O. The van der Waals surface area contributed by atoms with Crippen molar-refractivity contribution in [2.45, 2.75) is 32.0 Å². The summed E-state index contributed by atoms with van der Waals surface area (Å²) in [5.74, 6) is 0.139. The zero-order valence-corrected chi connectivity index (χ0v) is 17.1. The first-order chi connectivity index (χ1) is 14.1. The van der Waals surface area contributed by atoms with Crippen LogP contribution in [0.2, 0.25) is 5.02 Å². The Balaban J connectivity index is 1.59. The number of rotatable bonds is 7. The zero-order valence-electron chi connectivity index (χ0n) is 16.4. The molecule has 29 heavy (non-hydrogen) atoms. The smallest absolute Gasteiger partial charge is 0.220 e. The van der Waals surface area contributed by atoms with Crippen LogP contribution in [-0.4, -0.2) is 38.2 Å². The van der Waals surface area contributed by atoms with E-state index in [0.717, 1.165) is 42.9 Å². The molecule has 0 radical (unpaired) electrons. The van der Waals surface area contributed by atoms with Crippen molar-refractivity contribution >= 4 is 17.5 Å². The molecule has 1 atom stereocenters. The van der Waals surface area contributed by atoms with Gasteiger partial charge in [0.05, 0.1) is 5.69 Å². The number of carbonyl (C=O) groups is 1. The average molecular weight is 410 g/mol. The second-order valence-corrected chi connectivity index (χ2v) is 7.95. The standard InChI is InChI=1S/C22H24ClN5O/c1-27-13-18(22(26-27)17-3-2-4-19(23)11-17)14-28(12-16-7-9-24-10-8-16)15-20-5-6-21(29)25-20/h2-4,7-11,13,20H,5-6,12,14-15H2,1H3,(H,25,29)/t20-/m0/s1. The average Bonchev–Trinajstić information content (AvgIpc) is 3.27. The van der Waals surface area contributed by atoms with Crippen LogP contribution in [-0.2, 0) is 24.9 Å². The lowest BCUT2D eigenvalue weighted by Crippen LogP contribution is -2.38. The van der Waals surface area contributed by atoms with E-state index in [-0.39, 0.29) is 11.9 Å². The number of halogens is 1. The molecule has 0 aliphatic carbocycles. The Kier molecular flexibility index (Phi) is 5.92. The maximum Gasteiger partial charge on any atom is 0.220 e. The Morgan fingerprint density at radius 2 is 2.07 bits per heavy atom. The summed E-state index contributed by atoms with van der Waals surface area (Å²) in [5, 5.41) is 8.46. The van der Waals surface area contributed by atoms with Gasteiger partial charge in [-0.3, -0.25) is 19.4 Å². The first-order valence-electron chi connectivity index (χ1n) is 9.76. The molecule has 0 bridgehead atoms. The highest BCUT2D eigenvalue weighted by molar-refractivity contribution is 6.30. The second kappa shape index (κ2) is 8.76. The lowest BCUT2D eigenvalue weighted by atomic mass is 10.1. The van der Waals surface area contributed by atoms with Gasteiger partial charge >= 0.3 is 0 Å². The molecule has 4 rings (SSSR count). The summed E-state index contributed by atoms with van der Waals surface area (Å²) in [6.07, 6.45) is 7.16. The monoisotopic (exact) mass is 409 g/mol. The number of aromatic nitrogens is 3. The Hall–Kier alpha value is -2.70. The van der Waals surface area contributed by atoms with E-state index in [4.69, 9.17) is 11.6 Å². The minimum absolute atomic E-state index is 0.139. The summed E-state index contributed by atoms with van der Waals surface area (Å²) in [6.45, 7) is 2.29. The largest absolute Gasteiger partial charge is 0.352 e. The minimum atomic E-state index is 0.139. The first-order valence-corrected chi connectivity index (χ1v) is 10.1. The first kappa shape index (κ1) is 19.6. The molecule has 0 spiro atoms. The Morgan fingerprint density at radius 3 is 2.79 bits per heavy atom. The van der Waals surface area contributed by atoms with Gasteiger partial charge in [-0.15, -0.1) is 0 Å². The minimum Gasteiger partial charge on any atom is -0.352 e. The van der Waals surface area contributed by atoms with Crippen LogP contribution in [0.1, 0.15) is 24.0 Å². The summed E-state index contributed by atoms with van der Waals surface area (Å²) in [6, 6.07) is 12.0. The van der Waals surface area contributed by atoms with Crippen LogP contribution in [0.25, 0.3) is 11.3 Å². The van der Waals surface area contributed by atoms with Crippen molar-refractivity contribution < 1.29 is 4.79 Å². The second-order valence-electron chi connectivity index (χ2n) is 7.52. The molecule has 1 N–H and O–H groups in total. The molecule has 1 aliphatic heterocycles. The van der Waals surface area contributed by atoms with Crippen LogP contribution in [0.15, 0.2) is 55.0 Å². The quantitative estimate of drug-likeness (QED) is 0.649. The molecule has 0 saturated carbocycles. The number of pyridine rings is 1. The summed E-state index contributed by atoms with van der Waals surface area (Å²) in [7, 11) is 1.93. The number of benzene rings is 1. The van der Waals surface area contributed by atoms with Gasteiger partial charge in [-0.05, 0) is 36.2 Å². The fourth-order valence-electron chi connectivity index (χ4n) is 3.83. The van der Waals surface area contributed by atoms with Gasteiger partial charge in [-0.1, -0.05) is 23.7 Å². The Labute approximate surface area is 175 Å². The maximum absolute atomic E-state index is 11.7. The molecule has 7 heteroatoms. The molecule has 150 valence electrons. The molecule has 1 amide bonds. The van der Waals surface area contributed by atoms with Crippen molar-refractivity contribution in [1.29, 1.82) is 0 Å². The third-order valence-electron chi connectivity index (χ3n) is 5.12. The van der Waals surface area contributed by atoms with E-state index in [1.807, 2.05) is 60.5 Å². The molecule has 1 fully saturated rings. The van der Waals surface area contributed by atoms with E-state index in [1.165, 1.54) is 5.56 Å². The number of carbonyl (C=O) groups excluding carboxylic acids is 1. The number of aryl methyl sites for hydroxylation is 1. The molecule has 3 aromatic rings. The van der Waals surface area contributed by atoms with Crippen molar-refractivity contribution in [1.82, 2.24) is 25.0 Å². The SMILES string of the molecule is Cn1cc(CN(Cc2ccncc2)C[C@@H]2CCC(=O)N2)c(-c2cccc(Cl)c2)n1. The van der Waals surface area contributed by atoms with Gasteiger partial charge in [-0.2, -0.15) is 5.10 Å². The topological polar surface area (TPSA) is 63.1 Å². The number of amides is 1. The fourth-order valence-corrected chi connectivity index (χ4v) is 4.02. The third kappa shape index (κ3) is 5.02. The predicted molar refractivity (Wildman–Crippen MR) is 113 cm³/mol. The summed E-state index contributed by atoms with van der Waals surface area (Å²) >= 11 is 6.20. The predicted octanol–water partition coefficient (Wildman–Crippen LogP) is 3.42. The summed E-state index contributed by atoms with van der Waals surface area (Å²) in [4.78, 5) is 18.1. The van der Waals surface area contributed by atoms with Gasteiger partial charge in [-0.25, -0.2) is 0 Å². The lowest BCUT2D eigenvalue weighted by Gasteiger charge is -2.25. The number of hydrogen-bond donors (Lipinski definition) is 1. The molecular weight excluding hydrogens is 386 g/mol. The normalized spacial score (nSPS) is 16.4. The highest BCUT2D eigenvalue weighted by Gasteiger charge is 2.24.